The zero-order chi connectivity index (χ0) is 16.0. The Morgan fingerprint density at radius 2 is 1.82 bits per heavy atom. The van der Waals surface area contributed by atoms with Crippen LogP contribution in [0.4, 0.5) is 13.2 Å². The van der Waals surface area contributed by atoms with Crippen LogP contribution >= 0.6 is 12.4 Å². The number of ether oxygens (including phenoxy) is 1. The first-order valence-corrected chi connectivity index (χ1v) is 6.52. The van der Waals surface area contributed by atoms with Crippen LogP contribution in [0.5, 0.6) is 5.75 Å². The Morgan fingerprint density at radius 3 is 2.27 bits per heavy atom. The van der Waals surface area contributed by atoms with Gasteiger partial charge in [-0.2, -0.15) is 13.2 Å². The van der Waals surface area contributed by atoms with E-state index >= 15 is 0 Å². The summed E-state index contributed by atoms with van der Waals surface area (Å²) >= 11 is 0. The molecule has 0 aliphatic heterocycles. The van der Waals surface area contributed by atoms with Crippen LogP contribution in [0.3, 0.4) is 0 Å². The number of nitrogens with two attached hydrogens (primary N) is 1. The van der Waals surface area contributed by atoms with E-state index in [1.54, 1.807) is 26.0 Å². The van der Waals surface area contributed by atoms with Crippen LogP contribution in [0.25, 0.3) is 0 Å². The highest BCUT2D eigenvalue weighted by Gasteiger charge is 2.28. The van der Waals surface area contributed by atoms with Crippen LogP contribution in [-0.4, -0.2) is 24.7 Å². The Labute approximate surface area is 133 Å². The zero-order valence-electron chi connectivity index (χ0n) is 12.3. The summed E-state index contributed by atoms with van der Waals surface area (Å²) in [6, 6.07) is 5.62. The van der Waals surface area contributed by atoms with E-state index in [-0.39, 0.29) is 42.6 Å². The van der Waals surface area contributed by atoms with Crippen molar-refractivity contribution in [2.24, 2.45) is 5.73 Å². The maximum atomic E-state index is 12.0. The maximum Gasteiger partial charge on any atom is 0.422 e. The minimum absolute atomic E-state index is 0. The summed E-state index contributed by atoms with van der Waals surface area (Å²) in [6.07, 6.45) is -4.14. The first-order valence-electron chi connectivity index (χ1n) is 6.52. The Morgan fingerprint density at radius 1 is 1.27 bits per heavy atom. The molecule has 4 nitrogen and oxygen atoms in total. The van der Waals surface area contributed by atoms with E-state index in [1.165, 1.54) is 12.1 Å². The number of carbonyl (C=O) groups is 1. The summed E-state index contributed by atoms with van der Waals surface area (Å²) < 4.78 is 40.7. The van der Waals surface area contributed by atoms with Gasteiger partial charge in [0.1, 0.15) is 5.75 Å². The van der Waals surface area contributed by atoms with E-state index in [0.29, 0.717) is 0 Å². The van der Waals surface area contributed by atoms with Crippen molar-refractivity contribution in [3.63, 3.8) is 0 Å². The molecule has 2 atom stereocenters. The van der Waals surface area contributed by atoms with E-state index in [2.05, 4.69) is 10.1 Å². The molecule has 8 heteroatoms. The van der Waals surface area contributed by atoms with E-state index in [0.717, 1.165) is 5.56 Å². The van der Waals surface area contributed by atoms with E-state index in [9.17, 15) is 18.0 Å². The molecule has 0 spiro atoms. The molecular weight excluding hydrogens is 321 g/mol. The number of hydrogen-bond donors (Lipinski definition) is 2. The highest BCUT2D eigenvalue weighted by atomic mass is 35.5. The Kier molecular flexibility index (Phi) is 8.26. The molecule has 1 aromatic rings. The average Bonchev–Trinajstić information content (AvgIpc) is 2.35. The Balaban J connectivity index is 0.00000441. The quantitative estimate of drug-likeness (QED) is 0.836. The molecule has 0 radical (unpaired) electrons. The fourth-order valence-electron chi connectivity index (χ4n) is 1.69. The molecule has 2 unspecified atom stereocenters. The number of hydrogen-bond acceptors (Lipinski definition) is 3. The summed E-state index contributed by atoms with van der Waals surface area (Å²) in [5.41, 5.74) is 6.30. The number of benzene rings is 1. The predicted molar refractivity (Wildman–Crippen MR) is 80.1 cm³/mol. The molecule has 0 fully saturated rings. The first-order chi connectivity index (χ1) is 9.67. The largest absolute Gasteiger partial charge is 0.484 e. The SMILES string of the molecule is CC(N)CC(=O)NC(C)c1ccc(OCC(F)(F)F)cc1.Cl. The van der Waals surface area contributed by atoms with Crippen molar-refractivity contribution in [1.82, 2.24) is 5.32 Å². The topological polar surface area (TPSA) is 64.4 Å². The molecule has 3 N–H and O–H groups in total. The number of rotatable bonds is 6. The lowest BCUT2D eigenvalue weighted by Crippen LogP contribution is -2.31. The number of amides is 1. The zero-order valence-corrected chi connectivity index (χ0v) is 13.1. The van der Waals surface area contributed by atoms with Crippen molar-refractivity contribution in [3.05, 3.63) is 29.8 Å². The fourth-order valence-corrected chi connectivity index (χ4v) is 1.69. The summed E-state index contributed by atoms with van der Waals surface area (Å²) in [6.45, 7) is 2.19. The lowest BCUT2D eigenvalue weighted by molar-refractivity contribution is -0.153. The van der Waals surface area contributed by atoms with Gasteiger partial charge in [0.25, 0.3) is 0 Å². The molecule has 1 rings (SSSR count). The van der Waals surface area contributed by atoms with E-state index in [4.69, 9.17) is 5.73 Å². The van der Waals surface area contributed by atoms with Gasteiger partial charge in [-0.3, -0.25) is 4.79 Å². The number of alkyl halides is 3. The second-order valence-corrected chi connectivity index (χ2v) is 4.94. The molecule has 0 aliphatic carbocycles. The molecular formula is C14H20ClF3N2O2. The van der Waals surface area contributed by atoms with Crippen molar-refractivity contribution >= 4 is 18.3 Å². The standard InChI is InChI=1S/C14H19F3N2O2.ClH/c1-9(18)7-13(20)19-10(2)11-3-5-12(6-4-11)21-8-14(15,16)17;/h3-6,9-10H,7-8,18H2,1-2H3,(H,19,20);1H. The molecule has 0 saturated heterocycles. The van der Waals surface area contributed by atoms with Gasteiger partial charge < -0.3 is 15.8 Å². The molecule has 0 heterocycles. The van der Waals surface area contributed by atoms with Gasteiger partial charge in [-0.1, -0.05) is 12.1 Å². The summed E-state index contributed by atoms with van der Waals surface area (Å²) in [7, 11) is 0. The lowest BCUT2D eigenvalue weighted by atomic mass is 10.1. The van der Waals surface area contributed by atoms with Crippen LogP contribution < -0.4 is 15.8 Å². The Hall–Kier alpha value is -1.47. The third-order valence-corrected chi connectivity index (χ3v) is 2.67. The van der Waals surface area contributed by atoms with E-state index in [1.807, 2.05) is 0 Å². The van der Waals surface area contributed by atoms with Gasteiger partial charge in [0.15, 0.2) is 6.61 Å². The van der Waals surface area contributed by atoms with Crippen LogP contribution in [0, 0.1) is 0 Å². The van der Waals surface area contributed by atoms with Crippen molar-refractivity contribution in [1.29, 1.82) is 0 Å². The van der Waals surface area contributed by atoms with Gasteiger partial charge in [-0.25, -0.2) is 0 Å². The van der Waals surface area contributed by atoms with Gasteiger partial charge in [-0.05, 0) is 31.5 Å². The monoisotopic (exact) mass is 340 g/mol. The molecule has 22 heavy (non-hydrogen) atoms. The average molecular weight is 341 g/mol. The predicted octanol–water partition coefficient (Wildman–Crippen LogP) is 2.96. The van der Waals surface area contributed by atoms with Gasteiger partial charge >= 0.3 is 6.18 Å². The smallest absolute Gasteiger partial charge is 0.422 e. The first kappa shape index (κ1) is 20.5. The van der Waals surface area contributed by atoms with Crippen LogP contribution in [-0.2, 0) is 4.79 Å². The molecule has 1 amide bonds. The van der Waals surface area contributed by atoms with Gasteiger partial charge in [0, 0.05) is 12.5 Å². The fraction of sp³-hybridized carbons (Fsp3) is 0.500. The number of carbonyl (C=O) groups excluding carboxylic acids is 1. The van der Waals surface area contributed by atoms with Crippen molar-refractivity contribution in [2.75, 3.05) is 6.61 Å². The van der Waals surface area contributed by atoms with Crippen LogP contribution in [0.15, 0.2) is 24.3 Å². The highest BCUT2D eigenvalue weighted by molar-refractivity contribution is 5.85. The molecule has 0 bridgehead atoms. The summed E-state index contributed by atoms with van der Waals surface area (Å²) in [4.78, 5) is 11.6. The summed E-state index contributed by atoms with van der Waals surface area (Å²) in [5, 5.41) is 2.76. The number of halogens is 4. The number of nitrogens with one attached hydrogen (secondary N) is 1. The van der Waals surface area contributed by atoms with Crippen LogP contribution in [0.2, 0.25) is 0 Å². The molecule has 1 aromatic carbocycles. The normalized spacial score (nSPS) is 13.7. The highest BCUT2D eigenvalue weighted by Crippen LogP contribution is 2.21. The maximum absolute atomic E-state index is 12.0. The van der Waals surface area contributed by atoms with Crippen molar-refractivity contribution in [3.8, 4) is 5.75 Å². The van der Waals surface area contributed by atoms with Gasteiger partial charge in [0.2, 0.25) is 5.91 Å². The second-order valence-electron chi connectivity index (χ2n) is 4.94. The van der Waals surface area contributed by atoms with Gasteiger partial charge in [-0.15, -0.1) is 12.4 Å². The minimum Gasteiger partial charge on any atom is -0.484 e. The minimum atomic E-state index is -4.36. The van der Waals surface area contributed by atoms with Gasteiger partial charge in [0.05, 0.1) is 6.04 Å². The third kappa shape index (κ3) is 8.09. The molecule has 0 saturated carbocycles. The second kappa shape index (κ2) is 8.85. The summed E-state index contributed by atoms with van der Waals surface area (Å²) in [5.74, 6) is -0.0416. The van der Waals surface area contributed by atoms with E-state index < -0.39 is 12.8 Å². The molecule has 0 aromatic heterocycles. The van der Waals surface area contributed by atoms with Crippen LogP contribution in [0.1, 0.15) is 31.9 Å². The molecule has 126 valence electrons. The Bertz CT molecular complexity index is 464. The molecule has 0 aliphatic rings. The van der Waals surface area contributed by atoms with Crippen molar-refractivity contribution < 1.29 is 22.7 Å². The van der Waals surface area contributed by atoms with Crippen molar-refractivity contribution in [2.45, 2.75) is 38.5 Å². The third-order valence-electron chi connectivity index (χ3n) is 2.67. The lowest BCUT2D eigenvalue weighted by Gasteiger charge is -2.16.